The second-order valence-corrected chi connectivity index (χ2v) is 6.40. The molecule has 0 spiro atoms. The van der Waals surface area contributed by atoms with E-state index in [0.717, 1.165) is 12.1 Å². The first-order valence-electron chi connectivity index (χ1n) is 7.32. The fourth-order valence-corrected chi connectivity index (χ4v) is 3.20. The van der Waals surface area contributed by atoms with Crippen molar-refractivity contribution in [2.24, 2.45) is 7.05 Å². The summed E-state index contributed by atoms with van der Waals surface area (Å²) >= 11 is 9.45. The number of rotatable bonds is 5. The van der Waals surface area contributed by atoms with Gasteiger partial charge in [-0.2, -0.15) is 0 Å². The SMILES string of the molecule is Cn1c(=O)[nH]c(=O)c2c1nc(Br)n2CCCNc1ccccc1Cl. The Labute approximate surface area is 150 Å². The highest BCUT2D eigenvalue weighted by molar-refractivity contribution is 9.10. The molecule has 24 heavy (non-hydrogen) atoms. The summed E-state index contributed by atoms with van der Waals surface area (Å²) < 4.78 is 3.59. The molecule has 0 amide bonds. The van der Waals surface area contributed by atoms with Crippen molar-refractivity contribution in [3.05, 3.63) is 54.9 Å². The van der Waals surface area contributed by atoms with Crippen molar-refractivity contribution in [3.63, 3.8) is 0 Å². The minimum Gasteiger partial charge on any atom is -0.384 e. The summed E-state index contributed by atoms with van der Waals surface area (Å²) in [5.74, 6) is 0. The molecule has 3 rings (SSSR count). The van der Waals surface area contributed by atoms with Gasteiger partial charge in [-0.1, -0.05) is 23.7 Å². The van der Waals surface area contributed by atoms with Crippen LogP contribution in [0.3, 0.4) is 0 Å². The third-order valence-corrected chi connectivity index (χ3v) is 4.64. The number of halogens is 2. The Kier molecular flexibility index (Phi) is 4.77. The molecule has 2 heterocycles. The molecular weight excluding hydrogens is 398 g/mol. The van der Waals surface area contributed by atoms with Crippen molar-refractivity contribution in [2.45, 2.75) is 13.0 Å². The predicted octanol–water partition coefficient (Wildman–Crippen LogP) is 2.34. The van der Waals surface area contributed by atoms with Gasteiger partial charge in [0, 0.05) is 20.1 Å². The van der Waals surface area contributed by atoms with E-state index in [1.807, 2.05) is 24.3 Å². The first kappa shape index (κ1) is 16.8. The Balaban J connectivity index is 1.78. The topological polar surface area (TPSA) is 84.7 Å². The first-order valence-corrected chi connectivity index (χ1v) is 8.49. The summed E-state index contributed by atoms with van der Waals surface area (Å²) in [7, 11) is 1.57. The number of H-pyrrole nitrogens is 1. The molecule has 0 radical (unpaired) electrons. The van der Waals surface area contributed by atoms with Crippen LogP contribution in [0, 0.1) is 0 Å². The van der Waals surface area contributed by atoms with E-state index in [9.17, 15) is 9.59 Å². The third kappa shape index (κ3) is 3.11. The molecule has 7 nitrogen and oxygen atoms in total. The quantitative estimate of drug-likeness (QED) is 0.498. The Hall–Kier alpha value is -2.06. The largest absolute Gasteiger partial charge is 0.384 e. The van der Waals surface area contributed by atoms with E-state index < -0.39 is 11.2 Å². The molecule has 0 aliphatic rings. The van der Waals surface area contributed by atoms with Crippen molar-refractivity contribution in [2.75, 3.05) is 11.9 Å². The fraction of sp³-hybridized carbons (Fsp3) is 0.267. The Bertz CT molecular complexity index is 1010. The van der Waals surface area contributed by atoms with Gasteiger partial charge in [-0.05, 0) is 34.5 Å². The maximum atomic E-state index is 12.1. The Morgan fingerprint density at radius 1 is 1.33 bits per heavy atom. The van der Waals surface area contributed by atoms with Crippen molar-refractivity contribution in [3.8, 4) is 0 Å². The number of benzene rings is 1. The van der Waals surface area contributed by atoms with Gasteiger partial charge in [-0.3, -0.25) is 14.3 Å². The first-order chi connectivity index (χ1) is 11.5. The Morgan fingerprint density at radius 3 is 2.83 bits per heavy atom. The van der Waals surface area contributed by atoms with Gasteiger partial charge in [0.2, 0.25) is 0 Å². The number of hydrogen-bond donors (Lipinski definition) is 2. The summed E-state index contributed by atoms with van der Waals surface area (Å²) in [6.07, 6.45) is 0.748. The van der Waals surface area contributed by atoms with Gasteiger partial charge in [0.15, 0.2) is 15.9 Å². The zero-order valence-electron chi connectivity index (χ0n) is 12.8. The highest BCUT2D eigenvalue weighted by Crippen LogP contribution is 2.20. The molecule has 3 aromatic rings. The molecule has 2 aromatic heterocycles. The predicted molar refractivity (Wildman–Crippen MR) is 97.9 cm³/mol. The summed E-state index contributed by atoms with van der Waals surface area (Å²) in [5.41, 5.74) is 0.681. The number of para-hydroxylation sites is 1. The molecule has 0 saturated heterocycles. The van der Waals surface area contributed by atoms with E-state index in [-0.39, 0.29) is 0 Å². The van der Waals surface area contributed by atoms with E-state index in [0.29, 0.717) is 34.0 Å². The van der Waals surface area contributed by atoms with Gasteiger partial charge in [0.1, 0.15) is 0 Å². The van der Waals surface area contributed by atoms with Crippen molar-refractivity contribution in [1.82, 2.24) is 19.1 Å². The standard InChI is InChI=1S/C15H15BrClN5O2/c1-21-12-11(13(23)20-15(21)24)22(14(16)19-12)8-4-7-18-10-6-3-2-5-9(10)17/h2-3,5-6,18H,4,7-8H2,1H3,(H,20,23,24). The molecule has 1 aromatic carbocycles. The Morgan fingerprint density at radius 2 is 2.08 bits per heavy atom. The smallest absolute Gasteiger partial charge is 0.329 e. The molecule has 0 fully saturated rings. The number of anilines is 1. The molecule has 0 atom stereocenters. The second kappa shape index (κ2) is 6.82. The molecular formula is C15H15BrClN5O2. The lowest BCUT2D eigenvalue weighted by atomic mass is 10.3. The lowest BCUT2D eigenvalue weighted by molar-refractivity contribution is 0.662. The van der Waals surface area contributed by atoms with Crippen molar-refractivity contribution in [1.29, 1.82) is 0 Å². The van der Waals surface area contributed by atoms with Crippen LogP contribution in [-0.2, 0) is 13.6 Å². The van der Waals surface area contributed by atoms with Gasteiger partial charge < -0.3 is 9.88 Å². The number of hydrogen-bond acceptors (Lipinski definition) is 4. The van der Waals surface area contributed by atoms with Crippen molar-refractivity contribution >= 4 is 44.4 Å². The lowest BCUT2D eigenvalue weighted by Crippen LogP contribution is -2.29. The number of aromatic nitrogens is 4. The average molecular weight is 413 g/mol. The van der Waals surface area contributed by atoms with Crippen LogP contribution in [0.15, 0.2) is 38.6 Å². The van der Waals surface area contributed by atoms with E-state index in [1.165, 1.54) is 4.57 Å². The summed E-state index contributed by atoms with van der Waals surface area (Å²) in [6, 6.07) is 7.52. The van der Waals surface area contributed by atoms with Gasteiger partial charge in [-0.25, -0.2) is 9.78 Å². The van der Waals surface area contributed by atoms with Crippen LogP contribution in [0.1, 0.15) is 6.42 Å². The second-order valence-electron chi connectivity index (χ2n) is 5.28. The average Bonchev–Trinajstić information content (AvgIpc) is 2.88. The minimum atomic E-state index is -0.481. The van der Waals surface area contributed by atoms with Crippen LogP contribution in [0.4, 0.5) is 5.69 Å². The van der Waals surface area contributed by atoms with Gasteiger partial charge in [0.25, 0.3) is 5.56 Å². The van der Waals surface area contributed by atoms with Crippen LogP contribution in [0.2, 0.25) is 5.02 Å². The van der Waals surface area contributed by atoms with Gasteiger partial charge >= 0.3 is 5.69 Å². The molecule has 126 valence electrons. The van der Waals surface area contributed by atoms with Crippen LogP contribution in [0.5, 0.6) is 0 Å². The van der Waals surface area contributed by atoms with Crippen LogP contribution < -0.4 is 16.6 Å². The summed E-state index contributed by atoms with van der Waals surface area (Å²) in [4.78, 5) is 30.3. The maximum absolute atomic E-state index is 12.1. The van der Waals surface area contributed by atoms with Crippen LogP contribution in [-0.4, -0.2) is 25.6 Å². The molecule has 0 saturated carbocycles. The van der Waals surface area contributed by atoms with E-state index in [1.54, 1.807) is 11.6 Å². The van der Waals surface area contributed by atoms with E-state index in [2.05, 4.69) is 31.2 Å². The van der Waals surface area contributed by atoms with E-state index >= 15 is 0 Å². The van der Waals surface area contributed by atoms with Crippen LogP contribution >= 0.6 is 27.5 Å². The zero-order valence-corrected chi connectivity index (χ0v) is 15.2. The number of nitrogens with zero attached hydrogens (tertiary/aromatic N) is 3. The summed E-state index contributed by atoms with van der Waals surface area (Å²) in [5, 5.41) is 3.92. The molecule has 0 unspecified atom stereocenters. The molecule has 0 aliphatic carbocycles. The number of fused-ring (bicyclic) bond motifs is 1. The van der Waals surface area contributed by atoms with Crippen LogP contribution in [0.25, 0.3) is 11.2 Å². The number of aromatic amines is 1. The lowest BCUT2D eigenvalue weighted by Gasteiger charge is -2.09. The highest BCUT2D eigenvalue weighted by Gasteiger charge is 2.15. The van der Waals surface area contributed by atoms with Crippen molar-refractivity contribution < 1.29 is 0 Å². The maximum Gasteiger partial charge on any atom is 0.329 e. The number of nitrogens with one attached hydrogen (secondary N) is 2. The molecule has 0 aliphatic heterocycles. The molecule has 0 bridgehead atoms. The minimum absolute atomic E-state index is 0.356. The molecule has 2 N–H and O–H groups in total. The van der Waals surface area contributed by atoms with Gasteiger partial charge in [-0.15, -0.1) is 0 Å². The zero-order chi connectivity index (χ0) is 17.3. The third-order valence-electron chi connectivity index (χ3n) is 3.71. The fourth-order valence-electron chi connectivity index (χ4n) is 2.48. The monoisotopic (exact) mass is 411 g/mol. The highest BCUT2D eigenvalue weighted by atomic mass is 79.9. The number of imidazole rings is 1. The van der Waals surface area contributed by atoms with E-state index in [4.69, 9.17) is 11.6 Å². The number of aryl methyl sites for hydroxylation is 2. The molecule has 9 heteroatoms. The summed E-state index contributed by atoms with van der Waals surface area (Å²) in [6.45, 7) is 1.25. The normalized spacial score (nSPS) is 11.1. The van der Waals surface area contributed by atoms with Gasteiger partial charge in [0.05, 0.1) is 10.7 Å².